The van der Waals surface area contributed by atoms with Gasteiger partial charge in [0, 0.05) is 11.1 Å². The van der Waals surface area contributed by atoms with Crippen molar-refractivity contribution in [1.29, 1.82) is 0 Å². The Balaban J connectivity index is 0.000000362. The van der Waals surface area contributed by atoms with Gasteiger partial charge in [-0.05, 0) is 41.2 Å². The molecular weight excluding hydrogens is 283 g/mol. The fourth-order valence-corrected chi connectivity index (χ4v) is 1.66. The topological polar surface area (TPSA) is 57.6 Å². The average molecular weight is 303 g/mol. The lowest BCUT2D eigenvalue weighted by molar-refractivity contribution is -0.0510. The highest BCUT2D eigenvalue weighted by Crippen LogP contribution is 2.31. The summed E-state index contributed by atoms with van der Waals surface area (Å²) in [5.41, 5.74) is -4.99. The molecule has 1 heterocycles. The molecule has 0 saturated carbocycles. The minimum Gasteiger partial charge on any atom is -0.292 e. The van der Waals surface area contributed by atoms with Gasteiger partial charge in [-0.2, -0.15) is 21.6 Å². The molecule has 1 rings (SSSR count). The average Bonchev–Trinajstić information content (AvgIpc) is 2.11. The van der Waals surface area contributed by atoms with E-state index in [4.69, 9.17) is 13.0 Å². The Hall–Kier alpha value is -0.600. The van der Waals surface area contributed by atoms with Crippen molar-refractivity contribution < 1.29 is 26.1 Å². The Kier molecular flexibility index (Phi) is 5.24. The number of nitrogens with zero attached hydrogens (tertiary/aromatic N) is 1. The number of halogens is 3. The largest absolute Gasteiger partial charge is 0.522 e. The lowest BCUT2D eigenvalue weighted by Crippen LogP contribution is -2.53. The van der Waals surface area contributed by atoms with Gasteiger partial charge in [0.2, 0.25) is 0 Å². The zero-order valence-electron chi connectivity index (χ0n) is 11.6. The first-order valence-electron chi connectivity index (χ1n) is 5.57. The standard InChI is InChI=1S/C10H19N.CHF3O3S/c1-9(2)7-6-8-10(3,4)11(9)5;2-1(3,4)8(5,6)7/h6-7H,8H2,1-5H3;(H,5,6,7). The summed E-state index contributed by atoms with van der Waals surface area (Å²) in [7, 11) is -3.64. The van der Waals surface area contributed by atoms with E-state index in [0.717, 1.165) is 6.42 Å². The van der Waals surface area contributed by atoms with Gasteiger partial charge in [-0.1, -0.05) is 12.2 Å². The van der Waals surface area contributed by atoms with Crippen molar-refractivity contribution in [2.45, 2.75) is 50.7 Å². The third-order valence-corrected chi connectivity index (χ3v) is 3.79. The van der Waals surface area contributed by atoms with Crippen molar-refractivity contribution >= 4 is 10.1 Å². The van der Waals surface area contributed by atoms with Crippen LogP contribution in [0, 0.1) is 0 Å². The molecule has 1 aliphatic heterocycles. The van der Waals surface area contributed by atoms with Crippen molar-refractivity contribution in [3.05, 3.63) is 12.2 Å². The third-order valence-electron chi connectivity index (χ3n) is 3.21. The maximum atomic E-state index is 10.7. The molecule has 0 aliphatic carbocycles. The second-order valence-electron chi connectivity index (χ2n) is 5.55. The summed E-state index contributed by atoms with van der Waals surface area (Å²) in [5.74, 6) is 0. The predicted octanol–water partition coefficient (Wildman–Crippen LogP) is 2.83. The van der Waals surface area contributed by atoms with Gasteiger partial charge in [0.1, 0.15) is 0 Å². The van der Waals surface area contributed by atoms with Crippen LogP contribution >= 0.6 is 0 Å². The van der Waals surface area contributed by atoms with Crippen molar-refractivity contribution in [2.75, 3.05) is 7.05 Å². The van der Waals surface area contributed by atoms with Gasteiger partial charge in [0.25, 0.3) is 0 Å². The Labute approximate surface area is 112 Å². The molecule has 0 amide bonds. The molecule has 0 aromatic carbocycles. The van der Waals surface area contributed by atoms with Crippen LogP contribution in [-0.4, -0.2) is 41.5 Å². The van der Waals surface area contributed by atoms with E-state index in [1.54, 1.807) is 0 Å². The fraction of sp³-hybridized carbons (Fsp3) is 0.818. The Bertz CT molecular complexity index is 439. The van der Waals surface area contributed by atoms with Crippen LogP contribution in [0.15, 0.2) is 12.2 Å². The normalized spacial score (nSPS) is 22.6. The summed E-state index contributed by atoms with van der Waals surface area (Å²) in [6, 6.07) is 0. The summed E-state index contributed by atoms with van der Waals surface area (Å²) in [5, 5.41) is 0. The van der Waals surface area contributed by atoms with Gasteiger partial charge in [-0.25, -0.2) is 0 Å². The number of alkyl halides is 3. The molecule has 0 aromatic rings. The zero-order chi connectivity index (χ0) is 15.7. The fourth-order valence-electron chi connectivity index (χ4n) is 1.66. The van der Waals surface area contributed by atoms with Crippen LogP contribution in [0.4, 0.5) is 13.2 Å². The van der Waals surface area contributed by atoms with Crippen LogP contribution in [0.1, 0.15) is 34.1 Å². The molecule has 0 aromatic heterocycles. The lowest BCUT2D eigenvalue weighted by atomic mass is 9.86. The van der Waals surface area contributed by atoms with Crippen LogP contribution in [0.5, 0.6) is 0 Å². The molecule has 0 radical (unpaired) electrons. The first-order valence-corrected chi connectivity index (χ1v) is 7.01. The first-order chi connectivity index (χ1) is 8.11. The van der Waals surface area contributed by atoms with Gasteiger partial charge in [0.05, 0.1) is 0 Å². The van der Waals surface area contributed by atoms with Crippen LogP contribution in [-0.2, 0) is 10.1 Å². The highest BCUT2D eigenvalue weighted by Gasteiger charge is 2.44. The minimum atomic E-state index is -5.84. The van der Waals surface area contributed by atoms with Crippen LogP contribution in [0.3, 0.4) is 0 Å². The lowest BCUT2D eigenvalue weighted by Gasteiger charge is -2.47. The number of rotatable bonds is 0. The van der Waals surface area contributed by atoms with E-state index in [9.17, 15) is 13.2 Å². The predicted molar refractivity (Wildman–Crippen MR) is 67.3 cm³/mol. The molecule has 0 unspecified atom stereocenters. The quantitative estimate of drug-likeness (QED) is 0.425. The Morgan fingerprint density at radius 3 is 1.79 bits per heavy atom. The third kappa shape index (κ3) is 5.12. The van der Waals surface area contributed by atoms with E-state index in [1.165, 1.54) is 0 Å². The molecule has 0 bridgehead atoms. The number of hydrogen-bond donors (Lipinski definition) is 1. The maximum Gasteiger partial charge on any atom is 0.522 e. The van der Waals surface area contributed by atoms with Crippen LogP contribution < -0.4 is 0 Å². The summed E-state index contributed by atoms with van der Waals surface area (Å²) < 4.78 is 57.5. The molecule has 0 fully saturated rings. The molecule has 0 spiro atoms. The monoisotopic (exact) mass is 303 g/mol. The van der Waals surface area contributed by atoms with Crippen LogP contribution in [0.25, 0.3) is 0 Å². The minimum absolute atomic E-state index is 0.224. The Morgan fingerprint density at radius 1 is 1.21 bits per heavy atom. The summed E-state index contributed by atoms with van der Waals surface area (Å²) in [6.07, 6.45) is 5.74. The van der Waals surface area contributed by atoms with E-state index in [1.807, 2.05) is 0 Å². The van der Waals surface area contributed by atoms with Gasteiger partial charge in [0.15, 0.2) is 0 Å². The van der Waals surface area contributed by atoms with Gasteiger partial charge in [-0.15, -0.1) is 0 Å². The number of likely N-dealkylation sites (N-methyl/N-ethyl adjacent to an activating group) is 1. The van der Waals surface area contributed by atoms with Crippen molar-refractivity contribution in [1.82, 2.24) is 4.90 Å². The molecule has 19 heavy (non-hydrogen) atoms. The van der Waals surface area contributed by atoms with E-state index < -0.39 is 15.6 Å². The van der Waals surface area contributed by atoms with E-state index in [0.29, 0.717) is 5.54 Å². The summed E-state index contributed by atoms with van der Waals surface area (Å²) in [6.45, 7) is 9.09. The summed E-state index contributed by atoms with van der Waals surface area (Å²) >= 11 is 0. The molecule has 0 saturated heterocycles. The van der Waals surface area contributed by atoms with Gasteiger partial charge < -0.3 is 0 Å². The molecule has 114 valence electrons. The smallest absolute Gasteiger partial charge is 0.292 e. The molecule has 8 heteroatoms. The first kappa shape index (κ1) is 18.4. The van der Waals surface area contributed by atoms with Crippen LogP contribution in [0.2, 0.25) is 0 Å². The molecule has 1 N–H and O–H groups in total. The SMILES string of the molecule is CN1C(C)(C)C=CCC1(C)C.O=S(=O)(O)C(F)(F)F. The van der Waals surface area contributed by atoms with Gasteiger partial charge in [-0.3, -0.25) is 9.45 Å². The molecule has 1 aliphatic rings. The summed E-state index contributed by atoms with van der Waals surface area (Å²) in [4.78, 5) is 2.43. The maximum absolute atomic E-state index is 10.7. The van der Waals surface area contributed by atoms with E-state index >= 15 is 0 Å². The second kappa shape index (κ2) is 5.41. The van der Waals surface area contributed by atoms with Gasteiger partial charge >= 0.3 is 15.6 Å². The number of hydrogen-bond acceptors (Lipinski definition) is 3. The van der Waals surface area contributed by atoms with E-state index in [2.05, 4.69) is 51.8 Å². The van der Waals surface area contributed by atoms with Crippen molar-refractivity contribution in [2.24, 2.45) is 0 Å². The zero-order valence-corrected chi connectivity index (χ0v) is 12.4. The highest BCUT2D eigenvalue weighted by molar-refractivity contribution is 7.86. The Morgan fingerprint density at radius 2 is 1.58 bits per heavy atom. The highest BCUT2D eigenvalue weighted by atomic mass is 32.2. The molecule has 4 nitrogen and oxygen atoms in total. The van der Waals surface area contributed by atoms with Crippen molar-refractivity contribution in [3.63, 3.8) is 0 Å². The van der Waals surface area contributed by atoms with E-state index in [-0.39, 0.29) is 5.54 Å². The molecular formula is C11H20F3NO3S. The second-order valence-corrected chi connectivity index (χ2v) is 6.97. The van der Waals surface area contributed by atoms with Crippen molar-refractivity contribution in [3.8, 4) is 0 Å². The molecule has 0 atom stereocenters.